The number of hydrogen-bond acceptors (Lipinski definition) is 6. The summed E-state index contributed by atoms with van der Waals surface area (Å²) in [5.74, 6) is 1.56. The van der Waals surface area contributed by atoms with Gasteiger partial charge in [0.1, 0.15) is 0 Å². The first kappa shape index (κ1) is 14.0. The molecule has 0 aliphatic carbocycles. The monoisotopic (exact) mass is 279 g/mol. The lowest BCUT2D eigenvalue weighted by atomic mass is 10.0. The van der Waals surface area contributed by atoms with Crippen LogP contribution < -0.4 is 5.73 Å². The van der Waals surface area contributed by atoms with Crippen LogP contribution in [0.15, 0.2) is 4.52 Å². The zero-order valence-electron chi connectivity index (χ0n) is 12.3. The highest BCUT2D eigenvalue weighted by molar-refractivity contribution is 4.90. The summed E-state index contributed by atoms with van der Waals surface area (Å²) in [5, 5.41) is 3.96. The highest BCUT2D eigenvalue weighted by atomic mass is 16.5. The Morgan fingerprint density at radius 2 is 2.05 bits per heavy atom. The smallest absolute Gasteiger partial charge is 0.240 e. The van der Waals surface area contributed by atoms with E-state index in [1.54, 1.807) is 0 Å². The fourth-order valence-corrected chi connectivity index (χ4v) is 3.23. The molecule has 1 atom stereocenters. The molecule has 20 heavy (non-hydrogen) atoms. The Labute approximate surface area is 120 Å². The predicted octanol–water partition coefficient (Wildman–Crippen LogP) is 0.629. The molecule has 0 spiro atoms. The topological polar surface area (TPSA) is 71.4 Å². The maximum Gasteiger partial charge on any atom is 0.240 e. The fraction of sp³-hybridized carbons (Fsp3) is 0.857. The Balaban J connectivity index is 1.49. The minimum absolute atomic E-state index is 0.412. The molecule has 112 valence electrons. The number of piperidine rings is 1. The average molecular weight is 279 g/mol. The number of nitrogens with two attached hydrogens (primary N) is 1. The summed E-state index contributed by atoms with van der Waals surface area (Å²) in [6, 6.07) is 1.09. The number of aromatic nitrogens is 2. The van der Waals surface area contributed by atoms with E-state index < -0.39 is 0 Å². The molecular formula is C14H25N5O. The molecule has 1 unspecified atom stereocenters. The highest BCUT2D eigenvalue weighted by Gasteiger charge is 2.30. The molecule has 3 heterocycles. The molecule has 6 heteroatoms. The molecule has 2 aliphatic rings. The van der Waals surface area contributed by atoms with Gasteiger partial charge in [0.2, 0.25) is 5.89 Å². The third kappa shape index (κ3) is 3.19. The zero-order chi connectivity index (χ0) is 13.9. The van der Waals surface area contributed by atoms with E-state index >= 15 is 0 Å². The van der Waals surface area contributed by atoms with Gasteiger partial charge in [-0.1, -0.05) is 12.1 Å². The zero-order valence-corrected chi connectivity index (χ0v) is 12.3. The summed E-state index contributed by atoms with van der Waals surface area (Å²) < 4.78 is 5.28. The van der Waals surface area contributed by atoms with Gasteiger partial charge in [-0.25, -0.2) is 0 Å². The minimum Gasteiger partial charge on any atom is -0.338 e. The standard InChI is InChI=1S/C14H25N5O/c1-2-13-16-14(20-17-13)10-18-6-5-12(9-18)19-7-3-11(15)4-8-19/h11-12H,2-10,15H2,1H3. The van der Waals surface area contributed by atoms with E-state index in [9.17, 15) is 0 Å². The summed E-state index contributed by atoms with van der Waals surface area (Å²) in [5.41, 5.74) is 5.98. The Kier molecular flexibility index (Phi) is 4.33. The van der Waals surface area contributed by atoms with E-state index in [1.807, 2.05) is 6.92 Å². The number of aryl methyl sites for hydroxylation is 1. The van der Waals surface area contributed by atoms with Crippen LogP contribution >= 0.6 is 0 Å². The summed E-state index contributed by atoms with van der Waals surface area (Å²) in [6.45, 7) is 7.37. The lowest BCUT2D eigenvalue weighted by Crippen LogP contribution is -2.46. The molecule has 2 N–H and O–H groups in total. The van der Waals surface area contributed by atoms with Crippen LogP contribution in [0.5, 0.6) is 0 Å². The molecule has 1 aromatic heterocycles. The molecule has 3 rings (SSSR count). The largest absolute Gasteiger partial charge is 0.338 e. The van der Waals surface area contributed by atoms with Gasteiger partial charge in [0.05, 0.1) is 6.54 Å². The van der Waals surface area contributed by atoms with Crippen LogP contribution in [0.2, 0.25) is 0 Å². The Morgan fingerprint density at radius 3 is 2.75 bits per heavy atom. The second kappa shape index (κ2) is 6.20. The van der Waals surface area contributed by atoms with Crippen LogP contribution in [0.25, 0.3) is 0 Å². The first-order chi connectivity index (χ1) is 9.74. The minimum atomic E-state index is 0.412. The van der Waals surface area contributed by atoms with Gasteiger partial charge in [-0.3, -0.25) is 9.80 Å². The van der Waals surface area contributed by atoms with E-state index in [1.165, 1.54) is 6.42 Å². The van der Waals surface area contributed by atoms with E-state index in [-0.39, 0.29) is 0 Å². The normalized spacial score (nSPS) is 26.4. The SMILES string of the molecule is CCc1noc(CN2CCC(N3CCC(N)CC3)C2)n1. The van der Waals surface area contributed by atoms with Crippen LogP contribution in [-0.4, -0.2) is 58.2 Å². The lowest BCUT2D eigenvalue weighted by molar-refractivity contribution is 0.149. The molecule has 2 fully saturated rings. The summed E-state index contributed by atoms with van der Waals surface area (Å²) in [4.78, 5) is 9.42. The van der Waals surface area contributed by atoms with Crippen LogP contribution in [0.3, 0.4) is 0 Å². The second-order valence-corrected chi connectivity index (χ2v) is 6.01. The molecular weight excluding hydrogens is 254 g/mol. The van der Waals surface area contributed by atoms with Crippen molar-refractivity contribution in [3.8, 4) is 0 Å². The van der Waals surface area contributed by atoms with E-state index in [0.29, 0.717) is 12.1 Å². The second-order valence-electron chi connectivity index (χ2n) is 6.01. The molecule has 6 nitrogen and oxygen atoms in total. The quantitative estimate of drug-likeness (QED) is 0.871. The number of nitrogens with zero attached hydrogens (tertiary/aromatic N) is 4. The Hall–Kier alpha value is -0.980. The fourth-order valence-electron chi connectivity index (χ4n) is 3.23. The molecule has 0 saturated carbocycles. The first-order valence-corrected chi connectivity index (χ1v) is 7.78. The van der Waals surface area contributed by atoms with Gasteiger partial charge in [0, 0.05) is 31.6 Å². The van der Waals surface area contributed by atoms with Crippen LogP contribution in [-0.2, 0) is 13.0 Å². The predicted molar refractivity (Wildman–Crippen MR) is 76.1 cm³/mol. The molecule has 2 aliphatic heterocycles. The maximum absolute atomic E-state index is 5.98. The van der Waals surface area contributed by atoms with Crippen molar-refractivity contribution in [1.29, 1.82) is 0 Å². The molecule has 0 aromatic carbocycles. The van der Waals surface area contributed by atoms with Crippen LogP contribution in [0.4, 0.5) is 0 Å². The average Bonchev–Trinajstić information content (AvgIpc) is 3.09. The van der Waals surface area contributed by atoms with E-state index in [0.717, 1.165) is 63.7 Å². The Bertz CT molecular complexity index is 427. The van der Waals surface area contributed by atoms with Gasteiger partial charge in [-0.05, 0) is 32.4 Å². The maximum atomic E-state index is 5.98. The highest BCUT2D eigenvalue weighted by Crippen LogP contribution is 2.21. The molecule has 0 radical (unpaired) electrons. The van der Waals surface area contributed by atoms with Crippen molar-refractivity contribution in [2.24, 2.45) is 5.73 Å². The summed E-state index contributed by atoms with van der Waals surface area (Å²) >= 11 is 0. The van der Waals surface area contributed by atoms with Crippen molar-refractivity contribution in [3.05, 3.63) is 11.7 Å². The lowest BCUT2D eigenvalue weighted by Gasteiger charge is -2.34. The molecule has 0 amide bonds. The van der Waals surface area contributed by atoms with Gasteiger partial charge in [0.15, 0.2) is 5.82 Å². The van der Waals surface area contributed by atoms with Crippen molar-refractivity contribution in [1.82, 2.24) is 19.9 Å². The van der Waals surface area contributed by atoms with Gasteiger partial charge in [-0.2, -0.15) is 4.98 Å². The number of rotatable bonds is 4. The van der Waals surface area contributed by atoms with Gasteiger partial charge >= 0.3 is 0 Å². The van der Waals surface area contributed by atoms with Gasteiger partial charge < -0.3 is 10.3 Å². The summed E-state index contributed by atoms with van der Waals surface area (Å²) in [6.07, 6.45) is 4.35. The van der Waals surface area contributed by atoms with Crippen molar-refractivity contribution in [3.63, 3.8) is 0 Å². The number of likely N-dealkylation sites (tertiary alicyclic amines) is 2. The summed E-state index contributed by atoms with van der Waals surface area (Å²) in [7, 11) is 0. The Morgan fingerprint density at radius 1 is 1.25 bits per heavy atom. The van der Waals surface area contributed by atoms with Crippen molar-refractivity contribution >= 4 is 0 Å². The molecule has 0 bridgehead atoms. The van der Waals surface area contributed by atoms with E-state index in [2.05, 4.69) is 19.9 Å². The third-order valence-electron chi connectivity index (χ3n) is 4.52. The number of hydrogen-bond donors (Lipinski definition) is 1. The van der Waals surface area contributed by atoms with Crippen molar-refractivity contribution in [2.45, 2.75) is 51.2 Å². The molecule has 1 aromatic rings. The first-order valence-electron chi connectivity index (χ1n) is 7.78. The van der Waals surface area contributed by atoms with Crippen molar-refractivity contribution < 1.29 is 4.52 Å². The van der Waals surface area contributed by atoms with Crippen LogP contribution in [0.1, 0.15) is 37.9 Å². The third-order valence-corrected chi connectivity index (χ3v) is 4.52. The molecule has 2 saturated heterocycles. The van der Waals surface area contributed by atoms with Gasteiger partial charge in [-0.15, -0.1) is 0 Å². The van der Waals surface area contributed by atoms with Crippen LogP contribution in [0, 0.1) is 0 Å². The van der Waals surface area contributed by atoms with Crippen molar-refractivity contribution in [2.75, 3.05) is 26.2 Å². The van der Waals surface area contributed by atoms with E-state index in [4.69, 9.17) is 10.3 Å². The van der Waals surface area contributed by atoms with Gasteiger partial charge in [0.25, 0.3) is 0 Å².